The van der Waals surface area contributed by atoms with Crippen LogP contribution in [0.1, 0.15) is 16.7 Å². The molecule has 0 bridgehead atoms. The molecule has 0 saturated heterocycles. The molecule has 4 rings (SSSR count). The van der Waals surface area contributed by atoms with Crippen molar-refractivity contribution in [3.05, 3.63) is 83.4 Å². The van der Waals surface area contributed by atoms with E-state index in [9.17, 15) is 5.11 Å². The normalized spacial score (nSPS) is 11.3. The van der Waals surface area contributed by atoms with E-state index < -0.39 is 0 Å². The van der Waals surface area contributed by atoms with Crippen LogP contribution in [-0.2, 0) is 13.2 Å². The van der Waals surface area contributed by atoms with Crippen LogP contribution in [0.3, 0.4) is 0 Å². The van der Waals surface area contributed by atoms with Gasteiger partial charge in [0.05, 0.1) is 27.4 Å². The highest BCUT2D eigenvalue weighted by molar-refractivity contribution is 5.93. The zero-order chi connectivity index (χ0) is 23.2. The fourth-order valence-corrected chi connectivity index (χ4v) is 3.73. The lowest BCUT2D eigenvalue weighted by molar-refractivity contribution is 0.282. The van der Waals surface area contributed by atoms with Crippen molar-refractivity contribution in [1.82, 2.24) is 0 Å². The molecule has 6 heteroatoms. The molecule has 2 N–H and O–H groups in total. The molecule has 33 heavy (non-hydrogen) atoms. The first-order chi connectivity index (χ1) is 16.2. The molecule has 0 fully saturated rings. The molecule has 0 aliphatic heterocycles. The lowest BCUT2D eigenvalue weighted by Crippen LogP contribution is -1.98. The largest absolute Gasteiger partial charge is 0.493 e. The van der Waals surface area contributed by atoms with E-state index in [0.717, 1.165) is 22.1 Å². The Morgan fingerprint density at radius 3 is 2.36 bits per heavy atom. The van der Waals surface area contributed by atoms with Gasteiger partial charge in [-0.1, -0.05) is 42.5 Å². The van der Waals surface area contributed by atoms with Crippen LogP contribution >= 0.6 is 0 Å². The fourth-order valence-electron chi connectivity index (χ4n) is 3.73. The summed E-state index contributed by atoms with van der Waals surface area (Å²) in [6.07, 6.45) is 3.43. The molecule has 0 saturated carbocycles. The number of fused-ring (bicyclic) bond motifs is 1. The summed E-state index contributed by atoms with van der Waals surface area (Å²) in [7, 11) is 3.15. The maximum Gasteiger partial charge on any atom is 0.177 e. The molecular weight excluding hydrogens is 420 g/mol. The summed E-state index contributed by atoms with van der Waals surface area (Å²) in [5.74, 6) is 2.25. The lowest BCUT2D eigenvalue weighted by atomic mass is 10.0. The van der Waals surface area contributed by atoms with Gasteiger partial charge in [0.15, 0.2) is 22.8 Å². The van der Waals surface area contributed by atoms with E-state index in [1.165, 1.54) is 0 Å². The summed E-state index contributed by atoms with van der Waals surface area (Å²) < 4.78 is 23.2. The minimum Gasteiger partial charge on any atom is -0.493 e. The molecule has 0 spiro atoms. The Balaban J connectivity index is 1.73. The molecule has 0 aliphatic rings. The molecule has 170 valence electrons. The van der Waals surface area contributed by atoms with E-state index in [4.69, 9.17) is 23.7 Å². The molecule has 0 aliphatic carbocycles. The third kappa shape index (κ3) is 4.72. The molecule has 0 amide bonds. The van der Waals surface area contributed by atoms with Crippen molar-refractivity contribution in [3.63, 3.8) is 0 Å². The van der Waals surface area contributed by atoms with E-state index in [0.29, 0.717) is 40.8 Å². The van der Waals surface area contributed by atoms with Gasteiger partial charge in [-0.05, 0) is 41.5 Å². The van der Waals surface area contributed by atoms with Crippen LogP contribution in [0.4, 0.5) is 0 Å². The third-order valence-electron chi connectivity index (χ3n) is 5.34. The zero-order valence-corrected chi connectivity index (χ0v) is 18.6. The van der Waals surface area contributed by atoms with E-state index in [-0.39, 0.29) is 13.2 Å². The van der Waals surface area contributed by atoms with Crippen LogP contribution in [0.25, 0.3) is 28.4 Å². The summed E-state index contributed by atoms with van der Waals surface area (Å²) in [4.78, 5) is 0. The Labute approximate surface area is 192 Å². The number of methoxy groups -OCH3 is 2. The fraction of sp³-hybridized carbons (Fsp3) is 0.185. The minimum absolute atomic E-state index is 0.0671. The van der Waals surface area contributed by atoms with Crippen LogP contribution in [0.15, 0.2) is 71.2 Å². The quantitative estimate of drug-likeness (QED) is 0.368. The van der Waals surface area contributed by atoms with Crippen molar-refractivity contribution in [3.8, 4) is 28.6 Å². The van der Waals surface area contributed by atoms with Gasteiger partial charge in [0, 0.05) is 16.5 Å². The van der Waals surface area contributed by atoms with Crippen LogP contribution < -0.4 is 14.2 Å². The van der Waals surface area contributed by atoms with E-state index in [2.05, 4.69) is 0 Å². The highest BCUT2D eigenvalue weighted by atomic mass is 16.5. The van der Waals surface area contributed by atoms with Gasteiger partial charge in [0.1, 0.15) is 12.4 Å². The van der Waals surface area contributed by atoms with Gasteiger partial charge in [-0.2, -0.15) is 0 Å². The highest BCUT2D eigenvalue weighted by Gasteiger charge is 2.20. The summed E-state index contributed by atoms with van der Waals surface area (Å²) in [6, 6.07) is 19.2. The number of aliphatic hydroxyl groups excluding tert-OH is 2. The Kier molecular flexibility index (Phi) is 6.98. The third-order valence-corrected chi connectivity index (χ3v) is 5.34. The molecule has 6 nitrogen and oxygen atoms in total. The molecule has 3 aromatic carbocycles. The summed E-state index contributed by atoms with van der Waals surface area (Å²) in [5.41, 5.74) is 3.82. The summed E-state index contributed by atoms with van der Waals surface area (Å²) >= 11 is 0. The topological polar surface area (TPSA) is 81.3 Å². The van der Waals surface area contributed by atoms with Gasteiger partial charge in [-0.15, -0.1) is 0 Å². The predicted octanol–water partition coefficient (Wildman–Crippen LogP) is 5.19. The Bertz CT molecular complexity index is 1260. The number of hydrogen-bond donors (Lipinski definition) is 2. The summed E-state index contributed by atoms with van der Waals surface area (Å²) in [5, 5.41) is 20.0. The molecule has 1 heterocycles. The maximum atomic E-state index is 10.2. The Morgan fingerprint density at radius 1 is 0.879 bits per heavy atom. The molecule has 4 aromatic rings. The van der Waals surface area contributed by atoms with Gasteiger partial charge in [-0.25, -0.2) is 0 Å². The number of hydrogen-bond acceptors (Lipinski definition) is 6. The smallest absolute Gasteiger partial charge is 0.177 e. The van der Waals surface area contributed by atoms with E-state index in [1.807, 2.05) is 60.7 Å². The number of rotatable bonds is 9. The zero-order valence-electron chi connectivity index (χ0n) is 18.6. The second kappa shape index (κ2) is 10.3. The average Bonchev–Trinajstić information content (AvgIpc) is 3.24. The van der Waals surface area contributed by atoms with Crippen LogP contribution in [-0.4, -0.2) is 31.0 Å². The van der Waals surface area contributed by atoms with Gasteiger partial charge < -0.3 is 28.8 Å². The monoisotopic (exact) mass is 446 g/mol. The second-order valence-corrected chi connectivity index (χ2v) is 7.39. The molecule has 0 radical (unpaired) electrons. The second-order valence-electron chi connectivity index (χ2n) is 7.39. The SMILES string of the molecule is COc1cc(-c2oc3c(OC)cc(/C=C/CO)cc3c2CO)ccc1OCc1ccccc1. The minimum atomic E-state index is -0.215. The first-order valence-electron chi connectivity index (χ1n) is 10.5. The van der Waals surface area contributed by atoms with Crippen LogP contribution in [0, 0.1) is 0 Å². The number of furan rings is 1. The molecule has 0 atom stereocenters. The van der Waals surface area contributed by atoms with Crippen molar-refractivity contribution in [1.29, 1.82) is 0 Å². The first-order valence-corrected chi connectivity index (χ1v) is 10.5. The van der Waals surface area contributed by atoms with Crippen molar-refractivity contribution >= 4 is 17.0 Å². The number of benzene rings is 3. The van der Waals surface area contributed by atoms with E-state index in [1.54, 1.807) is 26.4 Å². The van der Waals surface area contributed by atoms with Gasteiger partial charge in [-0.3, -0.25) is 0 Å². The molecule has 0 unspecified atom stereocenters. The van der Waals surface area contributed by atoms with Crippen molar-refractivity contribution < 1.29 is 28.8 Å². The average molecular weight is 446 g/mol. The Hall–Kier alpha value is -3.74. The lowest BCUT2D eigenvalue weighted by Gasteiger charge is -2.12. The van der Waals surface area contributed by atoms with Gasteiger partial charge >= 0.3 is 0 Å². The molecule has 1 aromatic heterocycles. The highest BCUT2D eigenvalue weighted by Crippen LogP contribution is 2.41. The van der Waals surface area contributed by atoms with Crippen molar-refractivity contribution in [2.45, 2.75) is 13.2 Å². The van der Waals surface area contributed by atoms with E-state index >= 15 is 0 Å². The first kappa shape index (κ1) is 22.5. The number of aliphatic hydroxyl groups is 2. The Morgan fingerprint density at radius 2 is 1.67 bits per heavy atom. The van der Waals surface area contributed by atoms with Gasteiger partial charge in [0.25, 0.3) is 0 Å². The summed E-state index contributed by atoms with van der Waals surface area (Å²) in [6.45, 7) is 0.139. The van der Waals surface area contributed by atoms with Crippen LogP contribution in [0.5, 0.6) is 17.2 Å². The van der Waals surface area contributed by atoms with Crippen LogP contribution in [0.2, 0.25) is 0 Å². The number of ether oxygens (including phenoxy) is 3. The maximum absolute atomic E-state index is 10.2. The van der Waals surface area contributed by atoms with Crippen molar-refractivity contribution in [2.24, 2.45) is 0 Å². The standard InChI is InChI=1S/C27H26O6/c1-30-24-15-20(10-11-23(24)32-17-18-7-4-3-5-8-18)26-22(16-29)21-13-19(9-6-12-28)14-25(31-2)27(21)33-26/h3-11,13-15,28-29H,12,16-17H2,1-2H3/b9-6+. The molecular formula is C27H26O6. The van der Waals surface area contributed by atoms with Crippen molar-refractivity contribution in [2.75, 3.05) is 20.8 Å². The predicted molar refractivity (Wildman–Crippen MR) is 128 cm³/mol. The van der Waals surface area contributed by atoms with Gasteiger partial charge in [0.2, 0.25) is 0 Å².